The Morgan fingerprint density at radius 1 is 1.00 bits per heavy atom. The van der Waals surface area contributed by atoms with E-state index < -0.39 is 0 Å². The maximum atomic E-state index is 5.90. The van der Waals surface area contributed by atoms with Crippen LogP contribution in [0.4, 0.5) is 0 Å². The summed E-state index contributed by atoms with van der Waals surface area (Å²) in [6, 6.07) is 13.8. The zero-order chi connectivity index (χ0) is 14.5. The largest absolute Gasteiger partial charge is 0.493 e. The summed E-state index contributed by atoms with van der Waals surface area (Å²) in [6.45, 7) is 0. The Kier molecular flexibility index (Phi) is 5.32. The van der Waals surface area contributed by atoms with E-state index in [1.165, 1.54) is 11.1 Å². The van der Waals surface area contributed by atoms with Gasteiger partial charge in [0.05, 0.1) is 14.2 Å². The predicted octanol–water partition coefficient (Wildman–Crippen LogP) is 5.04. The van der Waals surface area contributed by atoms with Crippen molar-refractivity contribution in [2.24, 2.45) is 0 Å². The summed E-state index contributed by atoms with van der Waals surface area (Å²) in [5.41, 5.74) is 2.38. The number of hydrogen-bond donors (Lipinski definition) is 0. The first kappa shape index (κ1) is 15.2. The maximum Gasteiger partial charge on any atom is 0.160 e. The molecule has 0 fully saturated rings. The Morgan fingerprint density at radius 3 is 2.25 bits per heavy atom. The molecule has 0 aliphatic heterocycles. The van der Waals surface area contributed by atoms with Crippen LogP contribution >= 0.6 is 27.5 Å². The van der Waals surface area contributed by atoms with Crippen molar-refractivity contribution in [2.75, 3.05) is 14.2 Å². The highest BCUT2D eigenvalue weighted by atomic mass is 79.9. The van der Waals surface area contributed by atoms with Crippen molar-refractivity contribution in [3.63, 3.8) is 0 Å². The minimum absolute atomic E-state index is 0.234. The molecule has 0 spiro atoms. The molecule has 0 saturated heterocycles. The Hall–Kier alpha value is -1.19. The van der Waals surface area contributed by atoms with Crippen molar-refractivity contribution in [2.45, 2.75) is 11.2 Å². The first-order valence-electron chi connectivity index (χ1n) is 6.24. The monoisotopic (exact) mass is 354 g/mol. The summed E-state index contributed by atoms with van der Waals surface area (Å²) in [5, 5.41) is 0.750. The average Bonchev–Trinajstić information content (AvgIpc) is 2.47. The predicted molar refractivity (Wildman–Crippen MR) is 86.4 cm³/mol. The molecule has 0 aliphatic rings. The van der Waals surface area contributed by atoms with E-state index in [1.54, 1.807) is 14.2 Å². The summed E-state index contributed by atoms with van der Waals surface area (Å²) < 4.78 is 10.6. The van der Waals surface area contributed by atoms with Crippen LogP contribution in [0, 0.1) is 0 Å². The lowest BCUT2D eigenvalue weighted by Gasteiger charge is -2.13. The molecule has 2 aromatic rings. The van der Waals surface area contributed by atoms with Crippen LogP contribution in [0.15, 0.2) is 42.5 Å². The fourth-order valence-corrected chi connectivity index (χ4v) is 2.81. The third kappa shape index (κ3) is 3.68. The summed E-state index contributed by atoms with van der Waals surface area (Å²) in [4.78, 5) is 0.234. The second-order valence-electron chi connectivity index (χ2n) is 4.41. The number of alkyl halides is 1. The molecule has 0 heterocycles. The minimum atomic E-state index is 0.234. The van der Waals surface area contributed by atoms with Gasteiger partial charge in [0, 0.05) is 9.85 Å². The van der Waals surface area contributed by atoms with Crippen molar-refractivity contribution < 1.29 is 9.47 Å². The van der Waals surface area contributed by atoms with E-state index in [4.69, 9.17) is 21.1 Å². The summed E-state index contributed by atoms with van der Waals surface area (Å²) >= 11 is 9.62. The van der Waals surface area contributed by atoms with Gasteiger partial charge in [0.15, 0.2) is 11.5 Å². The quantitative estimate of drug-likeness (QED) is 0.700. The number of methoxy groups -OCH3 is 2. The van der Waals surface area contributed by atoms with E-state index in [0.29, 0.717) is 0 Å². The minimum Gasteiger partial charge on any atom is -0.493 e. The number of rotatable bonds is 5. The standard InChI is InChI=1S/C16H16BrClO2/c1-19-15-8-3-11(10-16(15)20-2)9-14(17)12-4-6-13(18)7-5-12/h3-8,10,14H,9H2,1-2H3. The van der Waals surface area contributed by atoms with Crippen LogP contribution in [-0.4, -0.2) is 14.2 Å². The van der Waals surface area contributed by atoms with Gasteiger partial charge in [-0.3, -0.25) is 0 Å². The highest BCUT2D eigenvalue weighted by Gasteiger charge is 2.11. The van der Waals surface area contributed by atoms with Gasteiger partial charge in [0.1, 0.15) is 0 Å². The number of hydrogen-bond acceptors (Lipinski definition) is 2. The highest BCUT2D eigenvalue weighted by Crippen LogP contribution is 2.32. The van der Waals surface area contributed by atoms with Crippen molar-refractivity contribution in [3.8, 4) is 11.5 Å². The highest BCUT2D eigenvalue weighted by molar-refractivity contribution is 9.09. The van der Waals surface area contributed by atoms with Crippen LogP contribution in [0.5, 0.6) is 11.5 Å². The van der Waals surface area contributed by atoms with Gasteiger partial charge in [0.25, 0.3) is 0 Å². The van der Waals surface area contributed by atoms with E-state index >= 15 is 0 Å². The SMILES string of the molecule is COc1ccc(CC(Br)c2ccc(Cl)cc2)cc1OC. The summed E-state index contributed by atoms with van der Waals surface area (Å²) in [7, 11) is 3.28. The van der Waals surface area contributed by atoms with Gasteiger partial charge in [0.2, 0.25) is 0 Å². The molecule has 0 N–H and O–H groups in total. The van der Waals surface area contributed by atoms with Crippen LogP contribution in [0.3, 0.4) is 0 Å². The number of ether oxygens (including phenoxy) is 2. The van der Waals surface area contributed by atoms with Crippen molar-refractivity contribution in [3.05, 3.63) is 58.6 Å². The average molecular weight is 356 g/mol. The molecule has 1 atom stereocenters. The molecule has 0 amide bonds. The van der Waals surface area contributed by atoms with Gasteiger partial charge in [-0.1, -0.05) is 45.7 Å². The van der Waals surface area contributed by atoms with Crippen LogP contribution in [0.1, 0.15) is 16.0 Å². The lowest BCUT2D eigenvalue weighted by molar-refractivity contribution is 0.354. The first-order chi connectivity index (χ1) is 9.63. The van der Waals surface area contributed by atoms with E-state index in [2.05, 4.69) is 15.9 Å². The van der Waals surface area contributed by atoms with E-state index in [9.17, 15) is 0 Å². The van der Waals surface area contributed by atoms with E-state index in [0.717, 1.165) is 22.9 Å². The third-order valence-electron chi connectivity index (χ3n) is 3.09. The number of halogens is 2. The molecule has 2 aromatic carbocycles. The molecule has 2 nitrogen and oxygen atoms in total. The van der Waals surface area contributed by atoms with Crippen LogP contribution in [0.2, 0.25) is 5.02 Å². The molecule has 0 radical (unpaired) electrons. The first-order valence-corrected chi connectivity index (χ1v) is 7.54. The summed E-state index contributed by atoms with van der Waals surface area (Å²) in [5.74, 6) is 1.50. The Morgan fingerprint density at radius 2 is 1.65 bits per heavy atom. The molecular weight excluding hydrogens is 340 g/mol. The number of benzene rings is 2. The van der Waals surface area contributed by atoms with Crippen LogP contribution in [0.25, 0.3) is 0 Å². The van der Waals surface area contributed by atoms with Gasteiger partial charge >= 0.3 is 0 Å². The smallest absolute Gasteiger partial charge is 0.160 e. The Labute approximate surface area is 132 Å². The lowest BCUT2D eigenvalue weighted by atomic mass is 10.0. The van der Waals surface area contributed by atoms with E-state index in [1.807, 2.05) is 42.5 Å². The molecule has 20 heavy (non-hydrogen) atoms. The zero-order valence-electron chi connectivity index (χ0n) is 11.4. The van der Waals surface area contributed by atoms with Gasteiger partial charge in [-0.25, -0.2) is 0 Å². The molecule has 106 valence electrons. The topological polar surface area (TPSA) is 18.5 Å². The molecule has 0 aromatic heterocycles. The van der Waals surface area contributed by atoms with Crippen molar-refractivity contribution in [1.82, 2.24) is 0 Å². The molecule has 0 bridgehead atoms. The van der Waals surface area contributed by atoms with Gasteiger partial charge < -0.3 is 9.47 Å². The van der Waals surface area contributed by atoms with Crippen molar-refractivity contribution in [1.29, 1.82) is 0 Å². The molecule has 0 saturated carbocycles. The molecule has 2 rings (SSSR count). The Bertz CT molecular complexity index is 569. The van der Waals surface area contributed by atoms with Gasteiger partial charge in [-0.2, -0.15) is 0 Å². The van der Waals surface area contributed by atoms with Gasteiger partial charge in [-0.15, -0.1) is 0 Å². The second kappa shape index (κ2) is 7.00. The van der Waals surface area contributed by atoms with Crippen molar-refractivity contribution >= 4 is 27.5 Å². The normalized spacial score (nSPS) is 12.0. The molecular formula is C16H16BrClO2. The molecule has 4 heteroatoms. The maximum absolute atomic E-state index is 5.90. The fraction of sp³-hybridized carbons (Fsp3) is 0.250. The third-order valence-corrected chi connectivity index (χ3v) is 4.20. The Balaban J connectivity index is 2.15. The van der Waals surface area contributed by atoms with E-state index in [-0.39, 0.29) is 4.83 Å². The zero-order valence-corrected chi connectivity index (χ0v) is 13.7. The molecule has 1 unspecified atom stereocenters. The molecule has 0 aliphatic carbocycles. The lowest BCUT2D eigenvalue weighted by Crippen LogP contribution is -1.97. The summed E-state index contributed by atoms with van der Waals surface area (Å²) in [6.07, 6.45) is 0.863. The van der Waals surface area contributed by atoms with Crippen LogP contribution in [-0.2, 0) is 6.42 Å². The van der Waals surface area contributed by atoms with Gasteiger partial charge in [-0.05, 0) is 41.8 Å². The van der Waals surface area contributed by atoms with Crippen LogP contribution < -0.4 is 9.47 Å². The second-order valence-corrected chi connectivity index (χ2v) is 5.95. The fourth-order valence-electron chi connectivity index (χ4n) is 2.00.